The first-order chi connectivity index (χ1) is 11.6. The second-order valence-corrected chi connectivity index (χ2v) is 8.13. The summed E-state index contributed by atoms with van der Waals surface area (Å²) < 4.78 is 32.3. The molecule has 1 fully saturated rings. The van der Waals surface area contributed by atoms with Gasteiger partial charge in [-0.05, 0) is 30.0 Å². The summed E-state index contributed by atoms with van der Waals surface area (Å²) in [7, 11) is -3.22. The third-order valence-corrected chi connectivity index (χ3v) is 5.94. The summed E-state index contributed by atoms with van der Waals surface area (Å²) in [6.07, 6.45) is 0.699. The van der Waals surface area contributed by atoms with Crippen LogP contribution in [0.4, 0.5) is 0 Å². The Labute approximate surface area is 143 Å². The molecule has 1 aliphatic heterocycles. The fourth-order valence-electron chi connectivity index (χ4n) is 3.07. The summed E-state index contributed by atoms with van der Waals surface area (Å²) in [6.45, 7) is 2.79. The van der Waals surface area contributed by atoms with Crippen molar-refractivity contribution in [2.45, 2.75) is 25.3 Å². The van der Waals surface area contributed by atoms with Gasteiger partial charge in [0.1, 0.15) is 0 Å². The first kappa shape index (κ1) is 17.1. The van der Waals surface area contributed by atoms with Gasteiger partial charge in [0.15, 0.2) is 0 Å². The van der Waals surface area contributed by atoms with E-state index in [-0.39, 0.29) is 17.7 Å². The molecule has 0 aromatic heterocycles. The van der Waals surface area contributed by atoms with E-state index in [1.54, 1.807) is 6.92 Å². The van der Waals surface area contributed by atoms with Crippen LogP contribution in [-0.2, 0) is 14.8 Å². The van der Waals surface area contributed by atoms with Crippen LogP contribution in [0.5, 0.6) is 0 Å². The maximum atomic E-state index is 11.9. The Bertz CT molecular complexity index is 757. The first-order valence-electron chi connectivity index (χ1n) is 8.32. The predicted molar refractivity (Wildman–Crippen MR) is 96.4 cm³/mol. The molecule has 0 radical (unpaired) electrons. The Morgan fingerprint density at radius 1 is 1.04 bits per heavy atom. The van der Waals surface area contributed by atoms with Crippen LogP contribution in [0.25, 0.3) is 11.1 Å². The lowest BCUT2D eigenvalue weighted by Crippen LogP contribution is -2.44. The van der Waals surface area contributed by atoms with Crippen molar-refractivity contribution in [1.29, 1.82) is 0 Å². The molecule has 2 aromatic rings. The molecule has 5 heteroatoms. The minimum absolute atomic E-state index is 0.0462. The molecule has 2 atom stereocenters. The van der Waals surface area contributed by atoms with Gasteiger partial charge in [0.05, 0.1) is 12.4 Å². The molecule has 128 valence electrons. The number of hydrogen-bond acceptors (Lipinski definition) is 3. The van der Waals surface area contributed by atoms with Crippen molar-refractivity contribution in [3.8, 4) is 11.1 Å². The fraction of sp³-hybridized carbons (Fsp3) is 0.368. The first-order valence-corrected chi connectivity index (χ1v) is 9.97. The lowest BCUT2D eigenvalue weighted by Gasteiger charge is -2.32. The zero-order chi connectivity index (χ0) is 17.0. The highest BCUT2D eigenvalue weighted by molar-refractivity contribution is 7.89. The molecule has 1 aliphatic rings. The number of nitrogens with one attached hydrogen (secondary N) is 1. The molecule has 2 aromatic carbocycles. The van der Waals surface area contributed by atoms with Crippen LogP contribution in [0.1, 0.15) is 24.8 Å². The van der Waals surface area contributed by atoms with E-state index in [0.717, 1.165) is 11.1 Å². The molecule has 0 aliphatic carbocycles. The second-order valence-electron chi connectivity index (χ2n) is 6.09. The van der Waals surface area contributed by atoms with Crippen molar-refractivity contribution in [1.82, 2.24) is 4.72 Å². The highest BCUT2D eigenvalue weighted by Crippen LogP contribution is 2.29. The molecule has 0 amide bonds. The molecule has 1 heterocycles. The minimum Gasteiger partial charge on any atom is -0.381 e. The highest BCUT2D eigenvalue weighted by atomic mass is 32.2. The van der Waals surface area contributed by atoms with Crippen molar-refractivity contribution >= 4 is 10.0 Å². The third-order valence-electron chi connectivity index (χ3n) is 4.51. The van der Waals surface area contributed by atoms with Crippen molar-refractivity contribution < 1.29 is 13.2 Å². The van der Waals surface area contributed by atoms with E-state index in [4.69, 9.17) is 4.74 Å². The molecule has 3 rings (SSSR count). The number of rotatable bonds is 5. The van der Waals surface area contributed by atoms with Gasteiger partial charge < -0.3 is 4.74 Å². The van der Waals surface area contributed by atoms with Crippen molar-refractivity contribution in [2.75, 3.05) is 19.0 Å². The van der Waals surface area contributed by atoms with Crippen LogP contribution in [0.15, 0.2) is 54.6 Å². The van der Waals surface area contributed by atoms with E-state index >= 15 is 0 Å². The van der Waals surface area contributed by atoms with Gasteiger partial charge in [0, 0.05) is 18.6 Å². The van der Waals surface area contributed by atoms with Crippen LogP contribution in [0.2, 0.25) is 0 Å². The van der Waals surface area contributed by atoms with Crippen LogP contribution in [0.3, 0.4) is 0 Å². The lowest BCUT2D eigenvalue weighted by molar-refractivity contribution is 0.0654. The Morgan fingerprint density at radius 3 is 2.38 bits per heavy atom. The van der Waals surface area contributed by atoms with Gasteiger partial charge in [-0.3, -0.25) is 0 Å². The number of benzene rings is 2. The molecule has 0 unspecified atom stereocenters. The minimum atomic E-state index is -3.22. The number of ether oxygens (including phenoxy) is 1. The van der Waals surface area contributed by atoms with E-state index < -0.39 is 10.0 Å². The van der Waals surface area contributed by atoms with Crippen LogP contribution < -0.4 is 4.72 Å². The number of sulfonamides is 1. The van der Waals surface area contributed by atoms with E-state index in [2.05, 4.69) is 41.1 Å². The summed E-state index contributed by atoms with van der Waals surface area (Å²) >= 11 is 0. The van der Waals surface area contributed by atoms with Crippen LogP contribution >= 0.6 is 0 Å². The molecule has 0 saturated carbocycles. The van der Waals surface area contributed by atoms with Crippen molar-refractivity contribution in [2.24, 2.45) is 0 Å². The molecule has 0 spiro atoms. The van der Waals surface area contributed by atoms with Gasteiger partial charge in [-0.2, -0.15) is 0 Å². The van der Waals surface area contributed by atoms with Gasteiger partial charge >= 0.3 is 0 Å². The normalized spacial score (nSPS) is 21.5. The average Bonchev–Trinajstić information content (AvgIpc) is 2.63. The Balaban J connectivity index is 1.81. The third kappa shape index (κ3) is 4.04. The Hall–Kier alpha value is -1.69. The molecular weight excluding hydrogens is 322 g/mol. The fourth-order valence-corrected chi connectivity index (χ4v) is 3.98. The van der Waals surface area contributed by atoms with Crippen LogP contribution in [-0.4, -0.2) is 33.4 Å². The van der Waals surface area contributed by atoms with Gasteiger partial charge in [-0.15, -0.1) is 0 Å². The van der Waals surface area contributed by atoms with Gasteiger partial charge in [0.2, 0.25) is 10.0 Å². The quantitative estimate of drug-likeness (QED) is 0.905. The van der Waals surface area contributed by atoms with E-state index in [1.165, 1.54) is 5.56 Å². The van der Waals surface area contributed by atoms with Gasteiger partial charge in [-0.25, -0.2) is 13.1 Å². The van der Waals surface area contributed by atoms with Crippen LogP contribution in [0, 0.1) is 0 Å². The molecule has 1 saturated heterocycles. The number of hydrogen-bond donors (Lipinski definition) is 1. The van der Waals surface area contributed by atoms with Gasteiger partial charge in [-0.1, -0.05) is 54.6 Å². The zero-order valence-corrected chi connectivity index (χ0v) is 14.6. The topological polar surface area (TPSA) is 55.4 Å². The molecule has 1 N–H and O–H groups in total. The Kier molecular flexibility index (Phi) is 5.33. The SMILES string of the molecule is CCS(=O)(=O)N[C@H]1CCOC[C@@H]1c1ccc(-c2ccccc2)cc1. The average molecular weight is 345 g/mol. The zero-order valence-electron chi connectivity index (χ0n) is 13.8. The molecule has 4 nitrogen and oxygen atoms in total. The van der Waals surface area contributed by atoms with E-state index in [0.29, 0.717) is 19.6 Å². The lowest BCUT2D eigenvalue weighted by atomic mass is 9.88. The Morgan fingerprint density at radius 2 is 1.71 bits per heavy atom. The summed E-state index contributed by atoms with van der Waals surface area (Å²) in [5.74, 6) is 0.147. The standard InChI is InChI=1S/C19H23NO3S/c1-2-24(21,22)20-19-12-13-23-14-18(19)17-10-8-16(9-11-17)15-6-4-3-5-7-15/h3-11,18-20H,2,12-14H2,1H3/t18-,19+/m1/s1. The summed E-state index contributed by atoms with van der Waals surface area (Å²) in [4.78, 5) is 0. The smallest absolute Gasteiger partial charge is 0.211 e. The summed E-state index contributed by atoms with van der Waals surface area (Å²) in [5, 5.41) is 0. The predicted octanol–water partition coefficient (Wildman–Crippen LogP) is 3.17. The maximum Gasteiger partial charge on any atom is 0.211 e. The molecule has 0 bridgehead atoms. The highest BCUT2D eigenvalue weighted by Gasteiger charge is 2.30. The van der Waals surface area contributed by atoms with E-state index in [1.807, 2.05) is 18.2 Å². The van der Waals surface area contributed by atoms with Crippen molar-refractivity contribution in [3.63, 3.8) is 0 Å². The summed E-state index contributed by atoms with van der Waals surface area (Å²) in [6, 6.07) is 18.4. The largest absolute Gasteiger partial charge is 0.381 e. The summed E-state index contributed by atoms with van der Waals surface area (Å²) in [5.41, 5.74) is 3.44. The van der Waals surface area contributed by atoms with Gasteiger partial charge in [0.25, 0.3) is 0 Å². The maximum absolute atomic E-state index is 11.9. The monoisotopic (exact) mass is 345 g/mol. The van der Waals surface area contributed by atoms with Crippen molar-refractivity contribution in [3.05, 3.63) is 60.2 Å². The molecule has 24 heavy (non-hydrogen) atoms. The second kappa shape index (κ2) is 7.47. The van der Waals surface area contributed by atoms with E-state index in [9.17, 15) is 8.42 Å². The molecular formula is C19H23NO3S.